The molecule has 3 heterocycles. The van der Waals surface area contributed by atoms with E-state index in [0.29, 0.717) is 18.4 Å². The molecule has 0 fully saturated rings. The minimum absolute atomic E-state index is 0.198. The average Bonchev–Trinajstić information content (AvgIpc) is 3.07. The largest absolute Gasteiger partial charge is 0.457 e. The molecule has 2 unspecified atom stereocenters. The van der Waals surface area contributed by atoms with Gasteiger partial charge >= 0.3 is 5.97 Å². The standard InChI is InChI=1S/C15H16O3/c1-3-7-5-8(4-2)11-10(7)13-9-6-17-15(16)12(9)14(11)18-13/h7-8H,3-6H2,1-2H3. The third kappa shape index (κ3) is 0.995. The number of fused-ring (bicyclic) bond motifs is 8. The smallest absolute Gasteiger partial charge is 0.342 e. The zero-order chi connectivity index (χ0) is 12.4. The lowest BCUT2D eigenvalue weighted by Gasteiger charge is -2.08. The summed E-state index contributed by atoms with van der Waals surface area (Å²) >= 11 is 0. The fourth-order valence-electron chi connectivity index (χ4n) is 3.81. The molecule has 0 spiro atoms. The van der Waals surface area contributed by atoms with Crippen molar-refractivity contribution in [2.75, 3.05) is 0 Å². The molecule has 0 saturated carbocycles. The lowest BCUT2D eigenvalue weighted by atomic mass is 9.94. The fraction of sp³-hybridized carbons (Fsp3) is 0.533. The van der Waals surface area contributed by atoms with Crippen LogP contribution in [-0.4, -0.2) is 5.97 Å². The van der Waals surface area contributed by atoms with Gasteiger partial charge in [0.05, 0.1) is 5.56 Å². The Balaban J connectivity index is 2.02. The number of hydrogen-bond acceptors (Lipinski definition) is 3. The lowest BCUT2D eigenvalue weighted by molar-refractivity contribution is 0.0534. The first-order valence-corrected chi connectivity index (χ1v) is 6.83. The van der Waals surface area contributed by atoms with Crippen LogP contribution >= 0.6 is 0 Å². The first-order chi connectivity index (χ1) is 8.76. The van der Waals surface area contributed by atoms with Gasteiger partial charge in [-0.3, -0.25) is 0 Å². The molecule has 0 saturated heterocycles. The molecule has 0 amide bonds. The Hall–Kier alpha value is -1.51. The summed E-state index contributed by atoms with van der Waals surface area (Å²) in [7, 11) is 0. The molecule has 0 aromatic carbocycles. The van der Waals surface area contributed by atoms with Gasteiger partial charge in [-0.2, -0.15) is 0 Å². The third-order valence-electron chi connectivity index (χ3n) is 4.71. The minimum atomic E-state index is -0.198. The van der Waals surface area contributed by atoms with Gasteiger partial charge in [0, 0.05) is 11.1 Å². The highest BCUT2D eigenvalue weighted by molar-refractivity contribution is 6.06. The van der Waals surface area contributed by atoms with E-state index in [4.69, 9.17) is 9.15 Å². The van der Waals surface area contributed by atoms with E-state index >= 15 is 0 Å². The van der Waals surface area contributed by atoms with E-state index in [1.807, 2.05) is 0 Å². The van der Waals surface area contributed by atoms with Crippen LogP contribution in [0, 0.1) is 0 Å². The third-order valence-corrected chi connectivity index (χ3v) is 4.71. The molecule has 1 aliphatic carbocycles. The Morgan fingerprint density at radius 1 is 1.11 bits per heavy atom. The van der Waals surface area contributed by atoms with Crippen LogP contribution in [0.15, 0.2) is 4.42 Å². The molecule has 2 aliphatic rings. The van der Waals surface area contributed by atoms with Crippen LogP contribution in [-0.2, 0) is 11.3 Å². The molecule has 1 aliphatic heterocycles. The maximum absolute atomic E-state index is 11.8. The first-order valence-electron chi connectivity index (χ1n) is 6.83. The molecule has 2 aromatic rings. The first kappa shape index (κ1) is 10.4. The predicted octanol–water partition coefficient (Wildman–Crippen LogP) is 3.93. The van der Waals surface area contributed by atoms with Gasteiger partial charge in [-0.15, -0.1) is 0 Å². The van der Waals surface area contributed by atoms with E-state index in [2.05, 4.69) is 13.8 Å². The van der Waals surface area contributed by atoms with Gasteiger partial charge < -0.3 is 9.15 Å². The summed E-state index contributed by atoms with van der Waals surface area (Å²) < 4.78 is 11.1. The second-order valence-corrected chi connectivity index (χ2v) is 5.46. The molecule has 3 heteroatoms. The SMILES string of the molecule is CCC1CC(CC)c2c1c1oc2c2c1COC2=O. The number of hydrogen-bond donors (Lipinski definition) is 0. The van der Waals surface area contributed by atoms with Crippen LogP contribution in [0.3, 0.4) is 0 Å². The van der Waals surface area contributed by atoms with E-state index in [-0.39, 0.29) is 5.97 Å². The van der Waals surface area contributed by atoms with Crippen molar-refractivity contribution in [3.8, 4) is 0 Å². The maximum atomic E-state index is 11.8. The highest BCUT2D eigenvalue weighted by atomic mass is 16.5. The number of esters is 1. The number of carbonyl (C=O) groups excluding carboxylic acids is 1. The van der Waals surface area contributed by atoms with Crippen LogP contribution in [0.4, 0.5) is 0 Å². The van der Waals surface area contributed by atoms with Crippen LogP contribution in [0.5, 0.6) is 0 Å². The minimum Gasteiger partial charge on any atom is -0.457 e. The lowest BCUT2D eigenvalue weighted by Crippen LogP contribution is -1.97. The van der Waals surface area contributed by atoms with Crippen LogP contribution in [0.1, 0.15) is 72.0 Å². The zero-order valence-corrected chi connectivity index (χ0v) is 10.7. The zero-order valence-electron chi connectivity index (χ0n) is 10.7. The molecule has 4 rings (SSSR count). The molecule has 0 N–H and O–H groups in total. The van der Waals surface area contributed by atoms with Crippen molar-refractivity contribution in [3.05, 3.63) is 22.3 Å². The van der Waals surface area contributed by atoms with Gasteiger partial charge in [0.1, 0.15) is 23.3 Å². The van der Waals surface area contributed by atoms with Gasteiger partial charge in [0.15, 0.2) is 0 Å². The number of furan rings is 2. The monoisotopic (exact) mass is 244 g/mol. The van der Waals surface area contributed by atoms with Crippen LogP contribution in [0.2, 0.25) is 0 Å². The predicted molar refractivity (Wildman–Crippen MR) is 67.2 cm³/mol. The summed E-state index contributed by atoms with van der Waals surface area (Å²) in [6.07, 6.45) is 3.48. The molecule has 2 bridgehead atoms. The Kier molecular flexibility index (Phi) is 1.90. The highest BCUT2D eigenvalue weighted by Gasteiger charge is 2.42. The van der Waals surface area contributed by atoms with Crippen molar-refractivity contribution >= 4 is 17.1 Å². The van der Waals surface area contributed by atoms with Gasteiger partial charge in [0.2, 0.25) is 0 Å². The normalized spacial score (nSPS) is 25.8. The summed E-state index contributed by atoms with van der Waals surface area (Å²) in [5, 5.41) is 0. The van der Waals surface area contributed by atoms with Gasteiger partial charge in [-0.1, -0.05) is 13.8 Å². The highest BCUT2D eigenvalue weighted by Crippen LogP contribution is 2.54. The Bertz CT molecular complexity index is 637. The van der Waals surface area contributed by atoms with Crippen molar-refractivity contribution in [2.24, 2.45) is 0 Å². The Morgan fingerprint density at radius 2 is 1.78 bits per heavy atom. The maximum Gasteiger partial charge on any atom is 0.342 e. The van der Waals surface area contributed by atoms with Crippen molar-refractivity contribution in [3.63, 3.8) is 0 Å². The molecule has 94 valence electrons. The number of benzene rings is 1. The molecule has 0 radical (unpaired) electrons. The number of carbonyl (C=O) groups is 1. The van der Waals surface area contributed by atoms with E-state index in [1.165, 1.54) is 17.5 Å². The van der Waals surface area contributed by atoms with E-state index in [9.17, 15) is 4.79 Å². The summed E-state index contributed by atoms with van der Waals surface area (Å²) in [6.45, 7) is 4.85. The number of rotatable bonds is 2. The Morgan fingerprint density at radius 3 is 2.44 bits per heavy atom. The quantitative estimate of drug-likeness (QED) is 0.751. The van der Waals surface area contributed by atoms with Crippen molar-refractivity contribution in [2.45, 2.75) is 51.6 Å². The number of ether oxygens (including phenoxy) is 1. The second-order valence-electron chi connectivity index (χ2n) is 5.46. The molecular weight excluding hydrogens is 228 g/mol. The molecule has 2 atom stereocenters. The van der Waals surface area contributed by atoms with Gasteiger partial charge in [-0.05, 0) is 31.1 Å². The molecule has 18 heavy (non-hydrogen) atoms. The fourth-order valence-corrected chi connectivity index (χ4v) is 3.81. The van der Waals surface area contributed by atoms with Crippen molar-refractivity contribution in [1.29, 1.82) is 0 Å². The summed E-state index contributed by atoms with van der Waals surface area (Å²) in [6, 6.07) is 0. The molecule has 3 nitrogen and oxygen atoms in total. The van der Waals surface area contributed by atoms with Crippen LogP contribution in [0.25, 0.3) is 11.2 Å². The summed E-state index contributed by atoms with van der Waals surface area (Å²) in [4.78, 5) is 11.8. The molecule has 2 aromatic heterocycles. The topological polar surface area (TPSA) is 39.4 Å². The average molecular weight is 244 g/mol. The van der Waals surface area contributed by atoms with E-state index in [0.717, 1.165) is 35.1 Å². The van der Waals surface area contributed by atoms with E-state index in [1.54, 1.807) is 0 Å². The number of cyclic esters (lactones) is 1. The van der Waals surface area contributed by atoms with Crippen molar-refractivity contribution < 1.29 is 13.9 Å². The molecular formula is C15H16O3. The summed E-state index contributed by atoms with van der Waals surface area (Å²) in [5.74, 6) is 0.957. The van der Waals surface area contributed by atoms with Crippen molar-refractivity contribution in [1.82, 2.24) is 0 Å². The Labute approximate surface area is 105 Å². The second kappa shape index (κ2) is 3.28. The van der Waals surface area contributed by atoms with Gasteiger partial charge in [-0.25, -0.2) is 4.79 Å². The summed E-state index contributed by atoms with van der Waals surface area (Å²) in [5.41, 5.74) is 6.22. The van der Waals surface area contributed by atoms with Crippen LogP contribution < -0.4 is 0 Å². The van der Waals surface area contributed by atoms with Gasteiger partial charge in [0.25, 0.3) is 0 Å². The van der Waals surface area contributed by atoms with E-state index < -0.39 is 0 Å².